The van der Waals surface area contributed by atoms with E-state index >= 15 is 0 Å². The number of hydrogen-bond acceptors (Lipinski definition) is 2. The molecular weight excluding hydrogens is 188 g/mol. The minimum Gasteiger partial charge on any atom is -0.306 e. The fourth-order valence-corrected chi connectivity index (χ4v) is 1.45. The van der Waals surface area contributed by atoms with Crippen LogP contribution in [0.25, 0.3) is 5.69 Å². The van der Waals surface area contributed by atoms with Gasteiger partial charge in [0.2, 0.25) is 0 Å². The van der Waals surface area contributed by atoms with Gasteiger partial charge >= 0.3 is 0 Å². The van der Waals surface area contributed by atoms with E-state index in [0.29, 0.717) is 0 Å². The summed E-state index contributed by atoms with van der Waals surface area (Å²) < 4.78 is 1.90. The Labute approximate surface area is 88.4 Å². The number of nitrogens with zero attached hydrogens (tertiary/aromatic N) is 2. The maximum absolute atomic E-state index is 11.2. The molecule has 0 aliphatic heterocycles. The van der Waals surface area contributed by atoms with Crippen LogP contribution in [0.5, 0.6) is 0 Å². The molecule has 1 heterocycles. The van der Waals surface area contributed by atoms with Gasteiger partial charge in [0.25, 0.3) is 0 Å². The first-order chi connectivity index (χ1) is 7.16. The summed E-state index contributed by atoms with van der Waals surface area (Å²) in [5.41, 5.74) is 2.64. The van der Waals surface area contributed by atoms with Gasteiger partial charge in [0.05, 0.1) is 12.0 Å². The lowest BCUT2D eigenvalue weighted by atomic mass is 10.1. The molecule has 1 aromatic carbocycles. The summed E-state index contributed by atoms with van der Waals surface area (Å²) in [6.45, 7) is 3.50. The molecule has 0 bridgehead atoms. The highest BCUT2D eigenvalue weighted by Crippen LogP contribution is 2.11. The third-order valence-corrected chi connectivity index (χ3v) is 2.26. The molecule has 15 heavy (non-hydrogen) atoms. The molecule has 0 N–H and O–H groups in total. The van der Waals surface area contributed by atoms with Crippen molar-refractivity contribution in [2.24, 2.45) is 0 Å². The molecule has 0 radical (unpaired) electrons. The minimum atomic E-state index is 0.0775. The molecule has 2 rings (SSSR count). The second-order valence-electron chi connectivity index (χ2n) is 3.53. The lowest BCUT2D eigenvalue weighted by molar-refractivity contribution is 0.101. The fraction of sp³-hybridized carbons (Fsp3) is 0.167. The standard InChI is InChI=1S/C12H12N2O/c1-9-7-14(8-13-9)12-5-3-4-11(6-12)10(2)15/h3-8H,1-2H3. The Morgan fingerprint density at radius 1 is 1.40 bits per heavy atom. The van der Waals surface area contributed by atoms with Crippen molar-refractivity contribution >= 4 is 5.78 Å². The van der Waals surface area contributed by atoms with Gasteiger partial charge in [-0.25, -0.2) is 4.98 Å². The normalized spacial score (nSPS) is 10.3. The average molecular weight is 200 g/mol. The number of Topliss-reactive ketones (excluding diaryl/α,β-unsaturated/α-hetero) is 1. The van der Waals surface area contributed by atoms with Gasteiger partial charge in [-0.3, -0.25) is 4.79 Å². The second kappa shape index (κ2) is 3.69. The zero-order chi connectivity index (χ0) is 10.8. The zero-order valence-corrected chi connectivity index (χ0v) is 8.77. The number of imidazole rings is 1. The summed E-state index contributed by atoms with van der Waals surface area (Å²) in [5, 5.41) is 0. The van der Waals surface area contributed by atoms with Crippen molar-refractivity contribution in [3.63, 3.8) is 0 Å². The largest absolute Gasteiger partial charge is 0.306 e. The Kier molecular flexibility index (Phi) is 2.37. The summed E-state index contributed by atoms with van der Waals surface area (Å²) in [6, 6.07) is 7.51. The molecule has 0 spiro atoms. The van der Waals surface area contributed by atoms with Crippen molar-refractivity contribution in [3.05, 3.63) is 48.0 Å². The van der Waals surface area contributed by atoms with Gasteiger partial charge in [0, 0.05) is 17.4 Å². The monoisotopic (exact) mass is 200 g/mol. The van der Waals surface area contributed by atoms with E-state index in [1.807, 2.05) is 42.0 Å². The van der Waals surface area contributed by atoms with Gasteiger partial charge in [0.15, 0.2) is 5.78 Å². The van der Waals surface area contributed by atoms with Gasteiger partial charge in [0.1, 0.15) is 0 Å². The van der Waals surface area contributed by atoms with Crippen LogP contribution in [0.1, 0.15) is 23.0 Å². The highest BCUT2D eigenvalue weighted by molar-refractivity contribution is 5.94. The summed E-state index contributed by atoms with van der Waals surface area (Å²) in [6.07, 6.45) is 3.67. The van der Waals surface area contributed by atoms with E-state index < -0.39 is 0 Å². The highest BCUT2D eigenvalue weighted by atomic mass is 16.1. The van der Waals surface area contributed by atoms with Crippen LogP contribution in [0, 0.1) is 6.92 Å². The van der Waals surface area contributed by atoms with Crippen LogP contribution in [0.3, 0.4) is 0 Å². The highest BCUT2D eigenvalue weighted by Gasteiger charge is 2.02. The van der Waals surface area contributed by atoms with Crippen molar-refractivity contribution in [2.45, 2.75) is 13.8 Å². The smallest absolute Gasteiger partial charge is 0.159 e. The maximum Gasteiger partial charge on any atom is 0.159 e. The molecule has 1 aromatic heterocycles. The van der Waals surface area contributed by atoms with E-state index in [1.54, 1.807) is 13.3 Å². The number of aryl methyl sites for hydroxylation is 1. The SMILES string of the molecule is CC(=O)c1cccc(-n2cnc(C)c2)c1. The van der Waals surface area contributed by atoms with Crippen LogP contribution in [0.2, 0.25) is 0 Å². The molecule has 0 saturated carbocycles. The third-order valence-electron chi connectivity index (χ3n) is 2.26. The number of aromatic nitrogens is 2. The lowest BCUT2D eigenvalue weighted by Crippen LogP contribution is -1.95. The van der Waals surface area contributed by atoms with Crippen LogP contribution in [0.4, 0.5) is 0 Å². The van der Waals surface area contributed by atoms with Crippen molar-refractivity contribution < 1.29 is 4.79 Å². The van der Waals surface area contributed by atoms with Crippen LogP contribution in [-0.2, 0) is 0 Å². The number of ketones is 1. The van der Waals surface area contributed by atoms with E-state index in [0.717, 1.165) is 16.9 Å². The van der Waals surface area contributed by atoms with Crippen LogP contribution >= 0.6 is 0 Å². The van der Waals surface area contributed by atoms with Gasteiger partial charge in [-0.05, 0) is 26.0 Å². The van der Waals surface area contributed by atoms with Crippen LogP contribution in [-0.4, -0.2) is 15.3 Å². The molecule has 0 atom stereocenters. The first kappa shape index (κ1) is 9.65. The fourth-order valence-electron chi connectivity index (χ4n) is 1.45. The zero-order valence-electron chi connectivity index (χ0n) is 8.77. The molecule has 3 heteroatoms. The van der Waals surface area contributed by atoms with E-state index in [1.165, 1.54) is 0 Å². The second-order valence-corrected chi connectivity index (χ2v) is 3.53. The van der Waals surface area contributed by atoms with Crippen LogP contribution in [0.15, 0.2) is 36.8 Å². The summed E-state index contributed by atoms with van der Waals surface area (Å²) in [7, 11) is 0. The molecule has 0 unspecified atom stereocenters. The quantitative estimate of drug-likeness (QED) is 0.697. The molecular formula is C12H12N2O. The Morgan fingerprint density at radius 2 is 2.20 bits per heavy atom. The molecule has 2 aromatic rings. The minimum absolute atomic E-state index is 0.0775. The maximum atomic E-state index is 11.2. The number of rotatable bonds is 2. The third kappa shape index (κ3) is 1.96. The Morgan fingerprint density at radius 3 is 2.80 bits per heavy atom. The lowest BCUT2D eigenvalue weighted by Gasteiger charge is -2.03. The summed E-state index contributed by atoms with van der Waals surface area (Å²) in [4.78, 5) is 15.4. The summed E-state index contributed by atoms with van der Waals surface area (Å²) >= 11 is 0. The van der Waals surface area contributed by atoms with Crippen molar-refractivity contribution in [1.82, 2.24) is 9.55 Å². The van der Waals surface area contributed by atoms with Crippen molar-refractivity contribution in [2.75, 3.05) is 0 Å². The first-order valence-electron chi connectivity index (χ1n) is 4.79. The van der Waals surface area contributed by atoms with E-state index in [2.05, 4.69) is 4.98 Å². The van der Waals surface area contributed by atoms with Crippen molar-refractivity contribution in [1.29, 1.82) is 0 Å². The van der Waals surface area contributed by atoms with Gasteiger partial charge in [-0.1, -0.05) is 12.1 Å². The predicted octanol–water partition coefficient (Wildman–Crippen LogP) is 2.38. The molecule has 3 nitrogen and oxygen atoms in total. The molecule has 0 aliphatic rings. The van der Waals surface area contributed by atoms with Gasteiger partial charge in [-0.2, -0.15) is 0 Å². The Hall–Kier alpha value is -1.90. The molecule has 0 fully saturated rings. The average Bonchev–Trinajstić information content (AvgIpc) is 2.65. The number of benzene rings is 1. The van der Waals surface area contributed by atoms with E-state index in [4.69, 9.17) is 0 Å². The van der Waals surface area contributed by atoms with Gasteiger partial charge in [-0.15, -0.1) is 0 Å². The summed E-state index contributed by atoms with van der Waals surface area (Å²) in [5.74, 6) is 0.0775. The van der Waals surface area contributed by atoms with Gasteiger partial charge < -0.3 is 4.57 Å². The van der Waals surface area contributed by atoms with Crippen LogP contribution < -0.4 is 0 Å². The predicted molar refractivity (Wildman–Crippen MR) is 58.3 cm³/mol. The van der Waals surface area contributed by atoms with E-state index in [9.17, 15) is 4.79 Å². The topological polar surface area (TPSA) is 34.9 Å². The Balaban J connectivity index is 2.45. The molecule has 0 amide bonds. The molecule has 0 aliphatic carbocycles. The van der Waals surface area contributed by atoms with E-state index in [-0.39, 0.29) is 5.78 Å². The first-order valence-corrected chi connectivity index (χ1v) is 4.79. The molecule has 0 saturated heterocycles. The Bertz CT molecular complexity index is 500. The van der Waals surface area contributed by atoms with Crippen molar-refractivity contribution in [3.8, 4) is 5.69 Å². The number of carbonyl (C=O) groups excluding carboxylic acids is 1. The number of hydrogen-bond donors (Lipinski definition) is 0. The molecule has 76 valence electrons. The number of carbonyl (C=O) groups is 1.